The fraction of sp³-hybridized carbons (Fsp3) is 0.227. The van der Waals surface area contributed by atoms with Crippen LogP contribution in [-0.2, 0) is 7.05 Å². The van der Waals surface area contributed by atoms with Gasteiger partial charge in [-0.15, -0.1) is 0 Å². The number of aryl methyl sites for hydroxylation is 1. The molecule has 31 heavy (non-hydrogen) atoms. The summed E-state index contributed by atoms with van der Waals surface area (Å²) in [6, 6.07) is 11.0. The van der Waals surface area contributed by atoms with Crippen molar-refractivity contribution in [1.29, 1.82) is 0 Å². The number of halogens is 2. The molecule has 3 aromatic heterocycles. The Hall–Kier alpha value is -3.75. The maximum absolute atomic E-state index is 13.5. The number of aromatic nitrogens is 4. The van der Waals surface area contributed by atoms with E-state index in [2.05, 4.69) is 9.84 Å². The summed E-state index contributed by atoms with van der Waals surface area (Å²) in [6.45, 7) is -2.93. The van der Waals surface area contributed by atoms with Crippen LogP contribution in [0.4, 0.5) is 8.78 Å². The molecule has 0 N–H and O–H groups in total. The maximum Gasteiger partial charge on any atom is 0.387 e. The zero-order valence-electron chi connectivity index (χ0n) is 16.5. The summed E-state index contributed by atoms with van der Waals surface area (Å²) >= 11 is 0. The smallest absolute Gasteiger partial charge is 0.387 e. The topological polar surface area (TPSA) is 71.0 Å². The average molecular weight is 424 g/mol. The van der Waals surface area contributed by atoms with E-state index in [0.717, 1.165) is 18.2 Å². The highest BCUT2D eigenvalue weighted by Gasteiger charge is 2.26. The van der Waals surface area contributed by atoms with Gasteiger partial charge in [-0.25, -0.2) is 0 Å². The molecule has 158 valence electrons. The number of hydrogen-bond acceptors (Lipinski definition) is 4. The molecule has 7 nitrogen and oxygen atoms in total. The Bertz CT molecular complexity index is 1400. The fourth-order valence-electron chi connectivity index (χ4n) is 3.57. The number of rotatable bonds is 5. The Labute approximate surface area is 174 Å². The van der Waals surface area contributed by atoms with Crippen LogP contribution in [0.5, 0.6) is 5.75 Å². The number of alkyl halides is 2. The molecule has 1 aliphatic carbocycles. The van der Waals surface area contributed by atoms with E-state index in [1.54, 1.807) is 25.4 Å². The average Bonchev–Trinajstić information content (AvgIpc) is 3.50. The van der Waals surface area contributed by atoms with Crippen LogP contribution < -0.4 is 15.9 Å². The van der Waals surface area contributed by atoms with Crippen molar-refractivity contribution < 1.29 is 13.5 Å². The van der Waals surface area contributed by atoms with Gasteiger partial charge in [-0.1, -0.05) is 0 Å². The Balaban J connectivity index is 1.73. The van der Waals surface area contributed by atoms with Crippen molar-refractivity contribution in [1.82, 2.24) is 18.9 Å². The Morgan fingerprint density at radius 3 is 2.48 bits per heavy atom. The van der Waals surface area contributed by atoms with Crippen molar-refractivity contribution in [3.8, 4) is 22.6 Å². The Morgan fingerprint density at radius 2 is 1.84 bits per heavy atom. The summed E-state index contributed by atoms with van der Waals surface area (Å²) in [6.07, 6.45) is 5.55. The molecule has 5 rings (SSSR count). The quantitative estimate of drug-likeness (QED) is 0.492. The van der Waals surface area contributed by atoms with Crippen molar-refractivity contribution in [2.75, 3.05) is 0 Å². The zero-order chi connectivity index (χ0) is 21.7. The molecule has 3 heterocycles. The summed E-state index contributed by atoms with van der Waals surface area (Å²) in [5, 5.41) is 5.36. The van der Waals surface area contributed by atoms with Crippen LogP contribution in [0.2, 0.25) is 0 Å². The lowest BCUT2D eigenvalue weighted by Gasteiger charge is -2.11. The molecule has 1 fully saturated rings. The van der Waals surface area contributed by atoms with Crippen LogP contribution in [0.25, 0.3) is 27.8 Å². The number of pyridine rings is 2. The largest absolute Gasteiger partial charge is 0.435 e. The standard InChI is InChI=1S/C22H18F2N4O3/c1-26-9-8-13(11-19(26)29)18-10-14-12-27(15-2-3-15)25-20(14)28(21(18)30)16-4-6-17(7-5-16)31-22(23)24/h4-12,15,22H,2-3H2,1H3. The van der Waals surface area contributed by atoms with E-state index < -0.39 is 6.61 Å². The van der Waals surface area contributed by atoms with E-state index in [4.69, 9.17) is 0 Å². The van der Waals surface area contributed by atoms with E-state index >= 15 is 0 Å². The molecule has 1 saturated carbocycles. The van der Waals surface area contributed by atoms with Crippen molar-refractivity contribution in [3.63, 3.8) is 0 Å². The minimum absolute atomic E-state index is 0.00531. The molecule has 0 spiro atoms. The molecule has 9 heteroatoms. The van der Waals surface area contributed by atoms with Gasteiger partial charge in [-0.05, 0) is 54.8 Å². The maximum atomic E-state index is 13.5. The SMILES string of the molecule is Cn1ccc(-c2cc3cn(C4CC4)nc3n(-c3ccc(OC(F)F)cc3)c2=O)cc1=O. The highest BCUT2D eigenvalue weighted by atomic mass is 19.3. The second kappa shape index (κ2) is 7.19. The molecule has 0 atom stereocenters. The van der Waals surface area contributed by atoms with Gasteiger partial charge in [-0.3, -0.25) is 18.8 Å². The highest BCUT2D eigenvalue weighted by molar-refractivity contribution is 5.82. The van der Waals surface area contributed by atoms with Crippen LogP contribution in [0.1, 0.15) is 18.9 Å². The lowest BCUT2D eigenvalue weighted by molar-refractivity contribution is -0.0498. The molecule has 0 bridgehead atoms. The van der Waals surface area contributed by atoms with Crippen LogP contribution in [0.15, 0.2) is 64.4 Å². The Morgan fingerprint density at radius 1 is 1.10 bits per heavy atom. The first-order valence-corrected chi connectivity index (χ1v) is 9.78. The van der Waals surface area contributed by atoms with Crippen LogP contribution >= 0.6 is 0 Å². The molecule has 0 radical (unpaired) electrons. The molecule has 0 saturated heterocycles. The number of nitrogens with zero attached hydrogens (tertiary/aromatic N) is 4. The zero-order valence-corrected chi connectivity index (χ0v) is 16.5. The summed E-state index contributed by atoms with van der Waals surface area (Å²) in [4.78, 5) is 25.6. The number of ether oxygens (including phenoxy) is 1. The lowest BCUT2D eigenvalue weighted by Crippen LogP contribution is -2.22. The van der Waals surface area contributed by atoms with Crippen LogP contribution in [-0.4, -0.2) is 25.5 Å². The van der Waals surface area contributed by atoms with Gasteiger partial charge >= 0.3 is 6.61 Å². The van der Waals surface area contributed by atoms with E-state index in [-0.39, 0.29) is 16.9 Å². The number of benzene rings is 1. The van der Waals surface area contributed by atoms with Gasteiger partial charge in [0.1, 0.15) is 5.75 Å². The van der Waals surface area contributed by atoms with Crippen LogP contribution in [0.3, 0.4) is 0 Å². The summed E-state index contributed by atoms with van der Waals surface area (Å²) in [5.74, 6) is -0.00531. The minimum atomic E-state index is -2.93. The van der Waals surface area contributed by atoms with Crippen molar-refractivity contribution in [2.24, 2.45) is 7.05 Å². The third-order valence-electron chi connectivity index (χ3n) is 5.34. The predicted molar refractivity (Wildman–Crippen MR) is 111 cm³/mol. The first kappa shape index (κ1) is 19.2. The van der Waals surface area contributed by atoms with E-state index in [1.165, 1.54) is 39.5 Å². The minimum Gasteiger partial charge on any atom is -0.435 e. The number of hydrogen-bond donors (Lipinski definition) is 0. The molecular formula is C22H18F2N4O3. The van der Waals surface area contributed by atoms with Gasteiger partial charge in [0.05, 0.1) is 11.7 Å². The monoisotopic (exact) mass is 424 g/mol. The van der Waals surface area contributed by atoms with Gasteiger partial charge in [-0.2, -0.15) is 13.9 Å². The van der Waals surface area contributed by atoms with Crippen molar-refractivity contribution in [3.05, 3.63) is 75.6 Å². The first-order valence-electron chi connectivity index (χ1n) is 9.78. The molecule has 0 aliphatic heterocycles. The Kier molecular flexibility index (Phi) is 4.46. The van der Waals surface area contributed by atoms with Crippen molar-refractivity contribution in [2.45, 2.75) is 25.5 Å². The van der Waals surface area contributed by atoms with E-state index in [1.807, 2.05) is 10.9 Å². The second-order valence-corrected chi connectivity index (χ2v) is 7.55. The third kappa shape index (κ3) is 3.52. The molecule has 1 aromatic carbocycles. The van der Waals surface area contributed by atoms with Gasteiger partial charge in [0.15, 0.2) is 5.65 Å². The highest BCUT2D eigenvalue weighted by Crippen LogP contribution is 2.35. The fourth-order valence-corrected chi connectivity index (χ4v) is 3.57. The molecule has 0 amide bonds. The first-order chi connectivity index (χ1) is 14.9. The van der Waals surface area contributed by atoms with E-state index in [9.17, 15) is 18.4 Å². The molecular weight excluding hydrogens is 406 g/mol. The molecule has 0 unspecified atom stereocenters. The summed E-state index contributed by atoms with van der Waals surface area (Å²) < 4.78 is 34.1. The second-order valence-electron chi connectivity index (χ2n) is 7.55. The number of fused-ring (bicyclic) bond motifs is 1. The predicted octanol–water partition coefficient (Wildman–Crippen LogP) is 3.49. The summed E-state index contributed by atoms with van der Waals surface area (Å²) in [7, 11) is 1.64. The molecule has 4 aromatic rings. The lowest BCUT2D eigenvalue weighted by atomic mass is 10.1. The normalized spacial score (nSPS) is 13.8. The van der Waals surface area contributed by atoms with Gasteiger partial charge in [0, 0.05) is 36.5 Å². The van der Waals surface area contributed by atoms with E-state index in [0.29, 0.717) is 28.5 Å². The van der Waals surface area contributed by atoms with Gasteiger partial charge < -0.3 is 9.30 Å². The molecule has 1 aliphatic rings. The third-order valence-corrected chi connectivity index (χ3v) is 5.34. The van der Waals surface area contributed by atoms with Gasteiger partial charge in [0.2, 0.25) is 0 Å². The summed E-state index contributed by atoms with van der Waals surface area (Å²) in [5.41, 5.74) is 1.19. The van der Waals surface area contributed by atoms with Gasteiger partial charge in [0.25, 0.3) is 11.1 Å². The van der Waals surface area contributed by atoms with Crippen LogP contribution in [0, 0.1) is 0 Å². The van der Waals surface area contributed by atoms with Crippen molar-refractivity contribution >= 4 is 11.0 Å².